The lowest BCUT2D eigenvalue weighted by atomic mass is 10.0. The lowest BCUT2D eigenvalue weighted by Crippen LogP contribution is -2.30. The van der Waals surface area contributed by atoms with Gasteiger partial charge in [0.1, 0.15) is 12.3 Å². The minimum atomic E-state index is -0.472. The zero-order valence-corrected chi connectivity index (χ0v) is 11.9. The summed E-state index contributed by atoms with van der Waals surface area (Å²) in [6, 6.07) is 8.45. The molecule has 2 aliphatic rings. The van der Waals surface area contributed by atoms with Gasteiger partial charge in [0.25, 0.3) is 0 Å². The van der Waals surface area contributed by atoms with Gasteiger partial charge in [-0.1, -0.05) is 36.8 Å². The molecule has 0 aromatic heterocycles. The third-order valence-corrected chi connectivity index (χ3v) is 4.30. The van der Waals surface area contributed by atoms with Crippen LogP contribution in [0.4, 0.5) is 0 Å². The summed E-state index contributed by atoms with van der Waals surface area (Å²) in [6.07, 6.45) is 6.33. The van der Waals surface area contributed by atoms with Crippen molar-refractivity contribution in [3.8, 4) is 0 Å². The predicted molar refractivity (Wildman–Crippen MR) is 79.3 cm³/mol. The first-order chi connectivity index (χ1) is 9.83. The summed E-state index contributed by atoms with van der Waals surface area (Å²) in [5.74, 6) is 0. The first-order valence-electron chi connectivity index (χ1n) is 7.58. The third-order valence-electron chi connectivity index (χ3n) is 4.30. The number of rotatable bonds is 7. The number of hydrogen-bond donors (Lipinski definition) is 1. The number of epoxide rings is 1. The average molecular weight is 273 g/mol. The molecular weight excluding hydrogens is 250 g/mol. The molecule has 3 nitrogen and oxygen atoms in total. The van der Waals surface area contributed by atoms with Crippen LogP contribution in [-0.2, 0) is 4.74 Å². The number of allylic oxidation sites excluding steroid dienone is 1. The lowest BCUT2D eigenvalue weighted by molar-refractivity contribution is -0.0159. The summed E-state index contributed by atoms with van der Waals surface area (Å²) in [5.41, 5.74) is 2.30. The standard InChI is InChI=1S/C17H23NO2/c1-2-3-4-5-8-11-18-16(15-12-20-15)13-9-6-7-10-14(13)17(18)19/h2,6-7,9-10,15-17,19H,1,3-5,8,11-12H2. The summed E-state index contributed by atoms with van der Waals surface area (Å²) in [5, 5.41) is 10.5. The molecule has 0 radical (unpaired) electrons. The molecule has 1 aromatic carbocycles. The highest BCUT2D eigenvalue weighted by Gasteiger charge is 2.46. The van der Waals surface area contributed by atoms with E-state index >= 15 is 0 Å². The lowest BCUT2D eigenvalue weighted by Gasteiger charge is -2.26. The Morgan fingerprint density at radius 2 is 2.00 bits per heavy atom. The number of nitrogens with zero attached hydrogens (tertiary/aromatic N) is 1. The van der Waals surface area contributed by atoms with Gasteiger partial charge in [-0.05, 0) is 24.8 Å². The minimum Gasteiger partial charge on any atom is -0.374 e. The van der Waals surface area contributed by atoms with Crippen LogP contribution >= 0.6 is 0 Å². The molecule has 3 heteroatoms. The molecule has 1 aromatic rings. The highest BCUT2D eigenvalue weighted by Crippen LogP contribution is 2.46. The van der Waals surface area contributed by atoms with Crippen LogP contribution in [-0.4, -0.2) is 29.3 Å². The van der Waals surface area contributed by atoms with E-state index in [9.17, 15) is 5.11 Å². The van der Waals surface area contributed by atoms with E-state index in [2.05, 4.69) is 23.6 Å². The summed E-state index contributed by atoms with van der Waals surface area (Å²) in [7, 11) is 0. The van der Waals surface area contributed by atoms with Crippen LogP contribution < -0.4 is 0 Å². The topological polar surface area (TPSA) is 36.0 Å². The van der Waals surface area contributed by atoms with Crippen molar-refractivity contribution in [1.29, 1.82) is 0 Å². The molecule has 0 saturated carbocycles. The molecule has 20 heavy (non-hydrogen) atoms. The Bertz CT molecular complexity index is 470. The van der Waals surface area contributed by atoms with Crippen LogP contribution in [0.3, 0.4) is 0 Å². The van der Waals surface area contributed by atoms with Gasteiger partial charge in [-0.15, -0.1) is 6.58 Å². The second-order valence-corrected chi connectivity index (χ2v) is 5.70. The fourth-order valence-electron chi connectivity index (χ4n) is 3.20. The fourth-order valence-corrected chi connectivity index (χ4v) is 3.20. The van der Waals surface area contributed by atoms with Gasteiger partial charge >= 0.3 is 0 Å². The van der Waals surface area contributed by atoms with Crippen molar-refractivity contribution in [2.45, 2.75) is 44.1 Å². The van der Waals surface area contributed by atoms with Gasteiger partial charge < -0.3 is 9.84 Å². The molecule has 0 spiro atoms. The molecule has 108 valence electrons. The summed E-state index contributed by atoms with van der Waals surface area (Å²) in [4.78, 5) is 2.20. The number of aliphatic hydroxyl groups is 1. The molecule has 1 saturated heterocycles. The smallest absolute Gasteiger partial charge is 0.134 e. The van der Waals surface area contributed by atoms with E-state index in [-0.39, 0.29) is 12.1 Å². The van der Waals surface area contributed by atoms with Gasteiger partial charge in [-0.2, -0.15) is 0 Å². The minimum absolute atomic E-state index is 0.237. The van der Waals surface area contributed by atoms with Crippen LogP contribution in [0.25, 0.3) is 0 Å². The molecule has 0 amide bonds. The number of benzene rings is 1. The molecule has 0 bridgehead atoms. The molecule has 3 atom stereocenters. The quantitative estimate of drug-likeness (QED) is 0.471. The van der Waals surface area contributed by atoms with Gasteiger partial charge in [0.2, 0.25) is 0 Å². The summed E-state index contributed by atoms with van der Waals surface area (Å²) < 4.78 is 5.51. The van der Waals surface area contributed by atoms with E-state index in [0.717, 1.165) is 31.6 Å². The maximum Gasteiger partial charge on any atom is 0.134 e. The third kappa shape index (κ3) is 2.66. The van der Waals surface area contributed by atoms with Crippen molar-refractivity contribution < 1.29 is 9.84 Å². The Labute approximate surface area is 120 Å². The van der Waals surface area contributed by atoms with Crippen molar-refractivity contribution >= 4 is 0 Å². The molecule has 0 aliphatic carbocycles. The highest BCUT2D eigenvalue weighted by atomic mass is 16.6. The monoisotopic (exact) mass is 273 g/mol. The van der Waals surface area contributed by atoms with Crippen molar-refractivity contribution in [2.75, 3.05) is 13.2 Å². The summed E-state index contributed by atoms with van der Waals surface area (Å²) in [6.45, 7) is 5.50. The molecular formula is C17H23NO2. The van der Waals surface area contributed by atoms with E-state index < -0.39 is 6.23 Å². The second-order valence-electron chi connectivity index (χ2n) is 5.70. The maximum absolute atomic E-state index is 10.5. The highest BCUT2D eigenvalue weighted by molar-refractivity contribution is 5.37. The largest absolute Gasteiger partial charge is 0.374 e. The Morgan fingerprint density at radius 1 is 1.25 bits per heavy atom. The van der Waals surface area contributed by atoms with E-state index in [1.165, 1.54) is 18.4 Å². The predicted octanol–water partition coefficient (Wildman–Crippen LogP) is 3.18. The first-order valence-corrected chi connectivity index (χ1v) is 7.58. The Kier molecular flexibility index (Phi) is 4.20. The van der Waals surface area contributed by atoms with Crippen molar-refractivity contribution in [3.05, 3.63) is 48.0 Å². The van der Waals surface area contributed by atoms with Crippen LogP contribution in [0, 0.1) is 0 Å². The SMILES string of the molecule is C=CCCCCCN1C(O)c2ccccc2C1C1CO1. The average Bonchev–Trinajstić information content (AvgIpc) is 3.26. The Balaban J connectivity index is 1.66. The van der Waals surface area contributed by atoms with Gasteiger partial charge in [-0.3, -0.25) is 4.90 Å². The van der Waals surface area contributed by atoms with Gasteiger partial charge in [0.15, 0.2) is 0 Å². The van der Waals surface area contributed by atoms with Gasteiger partial charge in [0.05, 0.1) is 12.6 Å². The number of ether oxygens (including phenoxy) is 1. The normalized spacial score (nSPS) is 28.4. The van der Waals surface area contributed by atoms with E-state index in [4.69, 9.17) is 4.74 Å². The number of hydrogen-bond acceptors (Lipinski definition) is 3. The number of fused-ring (bicyclic) bond motifs is 1. The molecule has 2 heterocycles. The van der Waals surface area contributed by atoms with Gasteiger partial charge in [0, 0.05) is 12.1 Å². The molecule has 2 aliphatic heterocycles. The fraction of sp³-hybridized carbons (Fsp3) is 0.529. The van der Waals surface area contributed by atoms with E-state index in [0.29, 0.717) is 0 Å². The molecule has 3 rings (SSSR count). The Morgan fingerprint density at radius 3 is 2.70 bits per heavy atom. The molecule has 3 unspecified atom stereocenters. The van der Waals surface area contributed by atoms with Crippen LogP contribution in [0.15, 0.2) is 36.9 Å². The number of aliphatic hydroxyl groups excluding tert-OH is 1. The molecule has 1 fully saturated rings. The van der Waals surface area contributed by atoms with E-state index in [1.807, 2.05) is 18.2 Å². The van der Waals surface area contributed by atoms with Crippen molar-refractivity contribution in [1.82, 2.24) is 4.90 Å². The zero-order chi connectivity index (χ0) is 13.9. The van der Waals surface area contributed by atoms with E-state index in [1.54, 1.807) is 0 Å². The first kappa shape index (κ1) is 13.8. The second kappa shape index (κ2) is 6.08. The summed E-state index contributed by atoms with van der Waals surface area (Å²) >= 11 is 0. The zero-order valence-electron chi connectivity index (χ0n) is 11.9. The molecule has 1 N–H and O–H groups in total. The Hall–Kier alpha value is -1.16. The van der Waals surface area contributed by atoms with Gasteiger partial charge in [-0.25, -0.2) is 0 Å². The van der Waals surface area contributed by atoms with Crippen molar-refractivity contribution in [3.63, 3.8) is 0 Å². The van der Waals surface area contributed by atoms with Crippen LogP contribution in [0.1, 0.15) is 49.1 Å². The maximum atomic E-state index is 10.5. The van der Waals surface area contributed by atoms with Crippen LogP contribution in [0.5, 0.6) is 0 Å². The van der Waals surface area contributed by atoms with Crippen molar-refractivity contribution in [2.24, 2.45) is 0 Å². The number of unbranched alkanes of at least 4 members (excludes halogenated alkanes) is 3. The van der Waals surface area contributed by atoms with Crippen LogP contribution in [0.2, 0.25) is 0 Å².